The van der Waals surface area contributed by atoms with Crippen LogP contribution in [-0.2, 0) is 6.42 Å². The zero-order chi connectivity index (χ0) is 11.4. The van der Waals surface area contributed by atoms with Crippen molar-refractivity contribution in [2.45, 2.75) is 32.7 Å². The Morgan fingerprint density at radius 2 is 1.93 bits per heavy atom. The third kappa shape index (κ3) is 3.25. The molecule has 4 heteroatoms. The van der Waals surface area contributed by atoms with Crippen LogP contribution in [0.15, 0.2) is 18.2 Å². The summed E-state index contributed by atoms with van der Waals surface area (Å²) in [6, 6.07) is 4.73. The lowest BCUT2D eigenvalue weighted by atomic mass is 10.0. The molecule has 1 aromatic carbocycles. The van der Waals surface area contributed by atoms with E-state index < -0.39 is 12.5 Å². The first-order valence-electron chi connectivity index (χ1n) is 4.85. The van der Waals surface area contributed by atoms with Crippen LogP contribution in [-0.4, -0.2) is 12.5 Å². The summed E-state index contributed by atoms with van der Waals surface area (Å²) in [6.45, 7) is 3.96. The van der Waals surface area contributed by atoms with E-state index in [1.54, 1.807) is 0 Å². The minimum absolute atomic E-state index is 0.245. The number of aryl methyl sites for hydroxylation is 2. The van der Waals surface area contributed by atoms with Crippen molar-refractivity contribution >= 4 is 0 Å². The molecule has 1 atom stereocenters. The third-order valence-corrected chi connectivity index (χ3v) is 2.55. The largest absolute Gasteiger partial charge is 0.271 e. The van der Waals surface area contributed by atoms with Gasteiger partial charge >= 0.3 is 0 Å². The zero-order valence-corrected chi connectivity index (χ0v) is 8.93. The Labute approximate surface area is 88.4 Å². The summed E-state index contributed by atoms with van der Waals surface area (Å²) in [5, 5.41) is 0. The zero-order valence-electron chi connectivity index (χ0n) is 8.93. The molecular formula is C11H16F2N2. The molecule has 2 nitrogen and oxygen atoms in total. The summed E-state index contributed by atoms with van der Waals surface area (Å²) in [4.78, 5) is 0. The van der Waals surface area contributed by atoms with E-state index in [1.165, 1.54) is 0 Å². The van der Waals surface area contributed by atoms with Gasteiger partial charge in [-0.25, -0.2) is 8.78 Å². The first-order valence-corrected chi connectivity index (χ1v) is 4.85. The lowest BCUT2D eigenvalue weighted by Crippen LogP contribution is -2.42. The SMILES string of the molecule is Cc1ccc(CC(NN)C(F)F)cc1C. The molecule has 15 heavy (non-hydrogen) atoms. The second kappa shape index (κ2) is 5.19. The number of alkyl halides is 2. The molecular weight excluding hydrogens is 198 g/mol. The molecule has 0 heterocycles. The monoisotopic (exact) mass is 214 g/mol. The van der Waals surface area contributed by atoms with Crippen LogP contribution in [0.1, 0.15) is 16.7 Å². The molecule has 0 fully saturated rings. The standard InChI is InChI=1S/C11H16F2N2/c1-7-3-4-9(5-8(7)2)6-10(15-14)11(12)13/h3-5,10-11,15H,6,14H2,1-2H3. The highest BCUT2D eigenvalue weighted by Gasteiger charge is 2.18. The highest BCUT2D eigenvalue weighted by molar-refractivity contribution is 5.30. The van der Waals surface area contributed by atoms with Gasteiger partial charge in [0.25, 0.3) is 6.43 Å². The Morgan fingerprint density at radius 3 is 2.40 bits per heavy atom. The van der Waals surface area contributed by atoms with Crippen molar-refractivity contribution in [1.82, 2.24) is 5.43 Å². The predicted molar refractivity (Wildman–Crippen MR) is 56.7 cm³/mol. The number of hydrazine groups is 1. The normalized spacial score (nSPS) is 13.2. The number of benzene rings is 1. The van der Waals surface area contributed by atoms with Gasteiger partial charge in [0.15, 0.2) is 0 Å². The topological polar surface area (TPSA) is 38.0 Å². The summed E-state index contributed by atoms with van der Waals surface area (Å²) in [7, 11) is 0. The summed E-state index contributed by atoms with van der Waals surface area (Å²) in [5.41, 5.74) is 5.28. The van der Waals surface area contributed by atoms with Crippen molar-refractivity contribution in [3.05, 3.63) is 34.9 Å². The average molecular weight is 214 g/mol. The Bertz CT molecular complexity index is 326. The summed E-state index contributed by atoms with van der Waals surface area (Å²) in [6.07, 6.45) is -2.20. The Kier molecular flexibility index (Phi) is 4.17. The van der Waals surface area contributed by atoms with Gasteiger partial charge in [0, 0.05) is 0 Å². The van der Waals surface area contributed by atoms with Crippen molar-refractivity contribution in [2.75, 3.05) is 0 Å². The fraction of sp³-hybridized carbons (Fsp3) is 0.455. The molecule has 0 radical (unpaired) electrons. The number of nitrogens with two attached hydrogens (primary N) is 1. The van der Waals surface area contributed by atoms with Gasteiger partial charge in [0.05, 0.1) is 6.04 Å². The second-order valence-corrected chi connectivity index (χ2v) is 3.73. The van der Waals surface area contributed by atoms with Gasteiger partial charge in [0.1, 0.15) is 0 Å². The molecule has 0 aliphatic carbocycles. The average Bonchev–Trinajstić information content (AvgIpc) is 2.19. The number of nitrogens with one attached hydrogen (secondary N) is 1. The third-order valence-electron chi connectivity index (χ3n) is 2.55. The first kappa shape index (κ1) is 12.1. The highest BCUT2D eigenvalue weighted by Crippen LogP contribution is 2.13. The van der Waals surface area contributed by atoms with E-state index in [0.29, 0.717) is 0 Å². The van der Waals surface area contributed by atoms with Crippen LogP contribution in [0.25, 0.3) is 0 Å². The summed E-state index contributed by atoms with van der Waals surface area (Å²) < 4.78 is 24.8. The molecule has 1 unspecified atom stereocenters. The van der Waals surface area contributed by atoms with Gasteiger partial charge in [-0.05, 0) is 37.0 Å². The predicted octanol–water partition coefficient (Wildman–Crippen LogP) is 1.94. The quantitative estimate of drug-likeness (QED) is 0.594. The number of rotatable bonds is 4. The number of hydrogen-bond acceptors (Lipinski definition) is 2. The molecule has 0 amide bonds. The Hall–Kier alpha value is -1.00. The van der Waals surface area contributed by atoms with Crippen molar-refractivity contribution in [1.29, 1.82) is 0 Å². The minimum atomic E-state index is -2.45. The summed E-state index contributed by atoms with van der Waals surface area (Å²) >= 11 is 0. The maximum absolute atomic E-state index is 12.4. The maximum Gasteiger partial charge on any atom is 0.255 e. The molecule has 0 saturated heterocycles. The van der Waals surface area contributed by atoms with Gasteiger partial charge in [-0.1, -0.05) is 18.2 Å². The van der Waals surface area contributed by atoms with Crippen LogP contribution in [0.3, 0.4) is 0 Å². The van der Waals surface area contributed by atoms with Gasteiger partial charge < -0.3 is 0 Å². The van der Waals surface area contributed by atoms with Crippen LogP contribution in [0.2, 0.25) is 0 Å². The second-order valence-electron chi connectivity index (χ2n) is 3.73. The first-order chi connectivity index (χ1) is 7.04. The van der Waals surface area contributed by atoms with E-state index in [-0.39, 0.29) is 6.42 Å². The smallest absolute Gasteiger partial charge is 0.255 e. The molecule has 0 bridgehead atoms. The van der Waals surface area contributed by atoms with Gasteiger partial charge in [-0.3, -0.25) is 11.3 Å². The fourth-order valence-corrected chi connectivity index (χ4v) is 1.41. The van der Waals surface area contributed by atoms with E-state index in [0.717, 1.165) is 16.7 Å². The van der Waals surface area contributed by atoms with E-state index in [2.05, 4.69) is 5.43 Å². The Balaban J connectivity index is 2.75. The van der Waals surface area contributed by atoms with E-state index in [1.807, 2.05) is 32.0 Å². The van der Waals surface area contributed by atoms with E-state index in [9.17, 15) is 8.78 Å². The lowest BCUT2D eigenvalue weighted by molar-refractivity contribution is 0.0984. The van der Waals surface area contributed by atoms with Crippen LogP contribution < -0.4 is 11.3 Å². The van der Waals surface area contributed by atoms with Crippen molar-refractivity contribution in [2.24, 2.45) is 5.84 Å². The minimum Gasteiger partial charge on any atom is -0.271 e. The van der Waals surface area contributed by atoms with Crippen molar-refractivity contribution in [3.63, 3.8) is 0 Å². The molecule has 0 saturated carbocycles. The van der Waals surface area contributed by atoms with E-state index in [4.69, 9.17) is 5.84 Å². The molecule has 3 N–H and O–H groups in total. The molecule has 84 valence electrons. The van der Waals surface area contributed by atoms with Gasteiger partial charge in [-0.15, -0.1) is 0 Å². The fourth-order valence-electron chi connectivity index (χ4n) is 1.41. The number of hydrogen-bond donors (Lipinski definition) is 2. The van der Waals surface area contributed by atoms with Crippen LogP contribution in [0, 0.1) is 13.8 Å². The molecule has 0 aliphatic rings. The lowest BCUT2D eigenvalue weighted by Gasteiger charge is -2.15. The molecule has 0 aromatic heterocycles. The molecule has 1 rings (SSSR count). The van der Waals surface area contributed by atoms with Crippen molar-refractivity contribution < 1.29 is 8.78 Å². The van der Waals surface area contributed by atoms with Crippen LogP contribution in [0.4, 0.5) is 8.78 Å². The maximum atomic E-state index is 12.4. The van der Waals surface area contributed by atoms with Crippen molar-refractivity contribution in [3.8, 4) is 0 Å². The highest BCUT2D eigenvalue weighted by atomic mass is 19.3. The van der Waals surface area contributed by atoms with Gasteiger partial charge in [-0.2, -0.15) is 0 Å². The Morgan fingerprint density at radius 1 is 1.27 bits per heavy atom. The van der Waals surface area contributed by atoms with Crippen LogP contribution in [0.5, 0.6) is 0 Å². The number of halogens is 2. The molecule has 1 aromatic rings. The summed E-state index contributed by atoms with van der Waals surface area (Å²) in [5.74, 6) is 5.06. The molecule has 0 aliphatic heterocycles. The molecule has 0 spiro atoms. The van der Waals surface area contributed by atoms with Crippen LogP contribution >= 0.6 is 0 Å². The van der Waals surface area contributed by atoms with E-state index >= 15 is 0 Å². The van der Waals surface area contributed by atoms with Gasteiger partial charge in [0.2, 0.25) is 0 Å².